The molecule has 0 N–H and O–H groups in total. The van der Waals surface area contributed by atoms with Gasteiger partial charge in [-0.15, -0.1) is 0 Å². The molecule has 5 heteroatoms. The molecule has 1 saturated heterocycles. The lowest BCUT2D eigenvalue weighted by Crippen LogP contribution is -2.31. The second-order valence-corrected chi connectivity index (χ2v) is 3.69. The van der Waals surface area contributed by atoms with Crippen LogP contribution in [-0.4, -0.2) is 36.0 Å². The first-order chi connectivity index (χ1) is 6.00. The number of likely N-dealkylation sites (tertiary alicyclic amines) is 1. The predicted octanol–water partition coefficient (Wildman–Crippen LogP) is 1.21. The number of amides is 1. The quantitative estimate of drug-likeness (QED) is 0.613. The Morgan fingerprint density at radius 3 is 2.46 bits per heavy atom. The molecule has 1 saturated carbocycles. The van der Waals surface area contributed by atoms with Crippen molar-refractivity contribution in [3.8, 4) is 0 Å². The molecule has 0 bridgehead atoms. The summed E-state index contributed by atoms with van der Waals surface area (Å²) in [7, 11) is 0. The Hall–Kier alpha value is -0.740. The van der Waals surface area contributed by atoms with E-state index < -0.39 is 23.9 Å². The third-order valence-electron chi connectivity index (χ3n) is 2.57. The Bertz CT molecular complexity index is 244. The van der Waals surface area contributed by atoms with Gasteiger partial charge in [-0.25, -0.2) is 13.2 Å². The van der Waals surface area contributed by atoms with Crippen molar-refractivity contribution in [2.24, 2.45) is 5.92 Å². The second kappa shape index (κ2) is 2.62. The van der Waals surface area contributed by atoms with Gasteiger partial charge in [-0.05, 0) is 6.42 Å². The van der Waals surface area contributed by atoms with Gasteiger partial charge in [0, 0.05) is 13.0 Å². The first-order valence-corrected chi connectivity index (χ1v) is 4.31. The van der Waals surface area contributed by atoms with Crippen LogP contribution in [0.4, 0.5) is 13.2 Å². The standard InChI is InChI=1S/C8H10F3NO/c9-5-1-2-12(4-5)7(13)6-3-8(6,10)11/h5-6H,1-4H2. The summed E-state index contributed by atoms with van der Waals surface area (Å²) in [5.41, 5.74) is 0. The normalized spacial score (nSPS) is 36.4. The van der Waals surface area contributed by atoms with Gasteiger partial charge in [-0.2, -0.15) is 0 Å². The fourth-order valence-corrected chi connectivity index (χ4v) is 1.62. The Labute approximate surface area is 73.7 Å². The van der Waals surface area contributed by atoms with Crippen LogP contribution in [0, 0.1) is 5.92 Å². The molecule has 1 aliphatic carbocycles. The molecule has 0 radical (unpaired) electrons. The fourth-order valence-electron chi connectivity index (χ4n) is 1.62. The lowest BCUT2D eigenvalue weighted by atomic mass is 10.3. The minimum atomic E-state index is -2.83. The van der Waals surface area contributed by atoms with E-state index in [0.717, 1.165) is 0 Å². The van der Waals surface area contributed by atoms with Crippen LogP contribution in [0.15, 0.2) is 0 Å². The molecule has 1 heterocycles. The number of hydrogen-bond acceptors (Lipinski definition) is 1. The van der Waals surface area contributed by atoms with Crippen LogP contribution in [0.3, 0.4) is 0 Å². The van der Waals surface area contributed by atoms with Crippen molar-refractivity contribution in [1.29, 1.82) is 0 Å². The summed E-state index contributed by atoms with van der Waals surface area (Å²) in [6, 6.07) is 0. The van der Waals surface area contributed by atoms with E-state index in [1.165, 1.54) is 4.90 Å². The highest BCUT2D eigenvalue weighted by molar-refractivity contribution is 5.83. The van der Waals surface area contributed by atoms with Crippen LogP contribution in [0.1, 0.15) is 12.8 Å². The minimum Gasteiger partial charge on any atom is -0.339 e. The predicted molar refractivity (Wildman–Crippen MR) is 39.1 cm³/mol. The topological polar surface area (TPSA) is 20.3 Å². The average molecular weight is 193 g/mol. The maximum atomic E-state index is 12.6. The van der Waals surface area contributed by atoms with E-state index >= 15 is 0 Å². The van der Waals surface area contributed by atoms with E-state index in [0.29, 0.717) is 0 Å². The van der Waals surface area contributed by atoms with Crippen molar-refractivity contribution >= 4 is 5.91 Å². The van der Waals surface area contributed by atoms with Gasteiger partial charge in [0.1, 0.15) is 12.1 Å². The smallest absolute Gasteiger partial charge is 0.260 e. The molecule has 2 aliphatic rings. The third kappa shape index (κ3) is 1.51. The molecule has 1 aliphatic heterocycles. The van der Waals surface area contributed by atoms with Crippen LogP contribution >= 0.6 is 0 Å². The maximum Gasteiger partial charge on any atom is 0.260 e. The molecule has 1 amide bonds. The summed E-state index contributed by atoms with van der Waals surface area (Å²) in [5.74, 6) is -4.58. The molecule has 2 unspecified atom stereocenters. The molecule has 74 valence electrons. The number of hydrogen-bond donors (Lipinski definition) is 0. The monoisotopic (exact) mass is 193 g/mol. The van der Waals surface area contributed by atoms with Crippen LogP contribution in [0.25, 0.3) is 0 Å². The molecule has 2 nitrogen and oxygen atoms in total. The minimum absolute atomic E-state index is 0.00852. The van der Waals surface area contributed by atoms with E-state index in [9.17, 15) is 18.0 Å². The van der Waals surface area contributed by atoms with Gasteiger partial charge >= 0.3 is 0 Å². The molecule has 0 spiro atoms. The van der Waals surface area contributed by atoms with Crippen LogP contribution < -0.4 is 0 Å². The maximum absolute atomic E-state index is 12.6. The average Bonchev–Trinajstić information content (AvgIpc) is 2.47. The van der Waals surface area contributed by atoms with Gasteiger partial charge in [0.05, 0.1) is 6.54 Å². The summed E-state index contributed by atoms with van der Waals surface area (Å²) >= 11 is 0. The van der Waals surface area contributed by atoms with Crippen molar-refractivity contribution < 1.29 is 18.0 Å². The van der Waals surface area contributed by atoms with E-state index in [1.54, 1.807) is 0 Å². The molecule has 0 aromatic heterocycles. The zero-order chi connectivity index (χ0) is 9.64. The number of carbonyl (C=O) groups excluding carboxylic acids is 1. The van der Waals surface area contributed by atoms with E-state index in [2.05, 4.69) is 0 Å². The SMILES string of the molecule is O=C(C1CC1(F)F)N1CCC(F)C1. The largest absolute Gasteiger partial charge is 0.339 e. The van der Waals surface area contributed by atoms with Gasteiger partial charge in [0.25, 0.3) is 5.92 Å². The van der Waals surface area contributed by atoms with Crippen molar-refractivity contribution in [3.63, 3.8) is 0 Å². The lowest BCUT2D eigenvalue weighted by Gasteiger charge is -2.14. The molecule has 0 aromatic rings. The molecule has 2 atom stereocenters. The molecular weight excluding hydrogens is 183 g/mol. The number of halogens is 3. The molecule has 2 rings (SSSR count). The third-order valence-corrected chi connectivity index (χ3v) is 2.57. The van der Waals surface area contributed by atoms with E-state index in [1.807, 2.05) is 0 Å². The number of carbonyl (C=O) groups is 1. The van der Waals surface area contributed by atoms with Crippen molar-refractivity contribution in [2.45, 2.75) is 24.9 Å². The van der Waals surface area contributed by atoms with E-state index in [4.69, 9.17) is 0 Å². The Kier molecular flexibility index (Phi) is 1.78. The lowest BCUT2D eigenvalue weighted by molar-refractivity contribution is -0.133. The highest BCUT2D eigenvalue weighted by Gasteiger charge is 2.62. The molecular formula is C8H10F3NO. The van der Waals surface area contributed by atoms with Gasteiger partial charge in [-0.1, -0.05) is 0 Å². The molecule has 13 heavy (non-hydrogen) atoms. The molecule has 0 aromatic carbocycles. The van der Waals surface area contributed by atoms with Gasteiger partial charge in [0.2, 0.25) is 5.91 Å². The highest BCUT2D eigenvalue weighted by Crippen LogP contribution is 2.49. The summed E-state index contributed by atoms with van der Waals surface area (Å²) in [5, 5.41) is 0. The second-order valence-electron chi connectivity index (χ2n) is 3.69. The highest BCUT2D eigenvalue weighted by atomic mass is 19.3. The summed E-state index contributed by atoms with van der Waals surface area (Å²) in [6.07, 6.45) is -1.11. The van der Waals surface area contributed by atoms with Crippen molar-refractivity contribution in [2.75, 3.05) is 13.1 Å². The van der Waals surface area contributed by atoms with Crippen LogP contribution in [0.2, 0.25) is 0 Å². The van der Waals surface area contributed by atoms with Gasteiger partial charge < -0.3 is 4.90 Å². The van der Waals surface area contributed by atoms with Gasteiger partial charge in [-0.3, -0.25) is 4.79 Å². The Morgan fingerprint density at radius 1 is 1.46 bits per heavy atom. The Balaban J connectivity index is 1.92. The first-order valence-electron chi connectivity index (χ1n) is 4.31. The van der Waals surface area contributed by atoms with Gasteiger partial charge in [0.15, 0.2) is 0 Å². The summed E-state index contributed by atoms with van der Waals surface area (Å²) in [6.45, 7) is 0.276. The summed E-state index contributed by atoms with van der Waals surface area (Å²) < 4.78 is 37.5. The molecule has 2 fully saturated rings. The number of alkyl halides is 3. The van der Waals surface area contributed by atoms with Crippen LogP contribution in [-0.2, 0) is 4.79 Å². The number of nitrogens with zero attached hydrogens (tertiary/aromatic N) is 1. The summed E-state index contributed by atoms with van der Waals surface area (Å²) in [4.78, 5) is 12.5. The Morgan fingerprint density at radius 2 is 2.08 bits per heavy atom. The van der Waals surface area contributed by atoms with Crippen molar-refractivity contribution in [3.05, 3.63) is 0 Å². The van der Waals surface area contributed by atoms with E-state index in [-0.39, 0.29) is 25.9 Å². The zero-order valence-corrected chi connectivity index (χ0v) is 6.97. The fraction of sp³-hybridized carbons (Fsp3) is 0.875. The van der Waals surface area contributed by atoms with Crippen molar-refractivity contribution in [1.82, 2.24) is 4.90 Å². The zero-order valence-electron chi connectivity index (χ0n) is 6.97. The first kappa shape index (κ1) is 8.84. The van der Waals surface area contributed by atoms with Crippen LogP contribution in [0.5, 0.6) is 0 Å². The number of rotatable bonds is 1.